The largest absolute Gasteiger partial charge is 0.494 e. The van der Waals surface area contributed by atoms with Crippen molar-refractivity contribution in [2.75, 3.05) is 13.7 Å². The number of aliphatic imine (C=N–C) groups is 1. The Bertz CT molecular complexity index is 645. The molecule has 0 aliphatic carbocycles. The highest BCUT2D eigenvalue weighted by molar-refractivity contribution is 5.83. The normalized spacial score (nSPS) is 11.2. The minimum atomic E-state index is 0.658. The summed E-state index contributed by atoms with van der Waals surface area (Å²) in [5.74, 6) is 2.34. The number of hydrogen-bond donors (Lipinski definition) is 0. The van der Waals surface area contributed by atoms with E-state index in [1.807, 2.05) is 55.6 Å². The second kappa shape index (κ2) is 8.37. The molecule has 3 nitrogen and oxygen atoms in total. The van der Waals surface area contributed by atoms with Crippen molar-refractivity contribution in [2.45, 2.75) is 27.2 Å². The van der Waals surface area contributed by atoms with Gasteiger partial charge in [-0.25, -0.2) is 0 Å². The van der Waals surface area contributed by atoms with Crippen molar-refractivity contribution in [3.05, 3.63) is 53.6 Å². The third kappa shape index (κ3) is 5.44. The summed E-state index contributed by atoms with van der Waals surface area (Å²) in [7, 11) is 1.66. The monoisotopic (exact) mass is 311 g/mol. The lowest BCUT2D eigenvalue weighted by atomic mass is 10.1. The number of ether oxygens (including phenoxy) is 2. The van der Waals surface area contributed by atoms with E-state index in [1.54, 1.807) is 7.11 Å². The lowest BCUT2D eigenvalue weighted by Gasteiger charge is -2.08. The minimum absolute atomic E-state index is 0.658. The van der Waals surface area contributed by atoms with E-state index in [-0.39, 0.29) is 0 Å². The average molecular weight is 311 g/mol. The lowest BCUT2D eigenvalue weighted by molar-refractivity contribution is 0.289. The van der Waals surface area contributed by atoms with Crippen molar-refractivity contribution in [2.24, 2.45) is 10.9 Å². The van der Waals surface area contributed by atoms with E-state index >= 15 is 0 Å². The molecule has 0 unspecified atom stereocenters. The van der Waals surface area contributed by atoms with Gasteiger partial charge in [0.25, 0.3) is 0 Å². The second-order valence-corrected chi connectivity index (χ2v) is 6.03. The smallest absolute Gasteiger partial charge is 0.144 e. The van der Waals surface area contributed by atoms with Gasteiger partial charge in [0, 0.05) is 6.21 Å². The van der Waals surface area contributed by atoms with Crippen LogP contribution in [0.2, 0.25) is 0 Å². The SMILES string of the molecule is COc1ccc(C)cc1N=Cc1ccc(OCCC(C)C)cc1. The summed E-state index contributed by atoms with van der Waals surface area (Å²) < 4.78 is 11.1. The Hall–Kier alpha value is -2.29. The molecular weight excluding hydrogens is 286 g/mol. The van der Waals surface area contributed by atoms with Crippen molar-refractivity contribution < 1.29 is 9.47 Å². The fourth-order valence-corrected chi connectivity index (χ4v) is 2.11. The van der Waals surface area contributed by atoms with Crippen LogP contribution in [0.15, 0.2) is 47.5 Å². The Morgan fingerprint density at radius 1 is 1.09 bits per heavy atom. The molecule has 3 heteroatoms. The molecular formula is C20H25NO2. The molecule has 2 aromatic rings. The van der Waals surface area contributed by atoms with Gasteiger partial charge >= 0.3 is 0 Å². The van der Waals surface area contributed by atoms with E-state index in [0.29, 0.717) is 5.92 Å². The van der Waals surface area contributed by atoms with Crippen LogP contribution in [0.25, 0.3) is 0 Å². The van der Waals surface area contributed by atoms with E-state index in [1.165, 1.54) is 0 Å². The summed E-state index contributed by atoms with van der Waals surface area (Å²) in [4.78, 5) is 4.53. The predicted octanol–water partition coefficient (Wildman–Crippen LogP) is 5.18. The molecule has 0 saturated heterocycles. The molecule has 23 heavy (non-hydrogen) atoms. The van der Waals surface area contributed by atoms with Gasteiger partial charge in [-0.15, -0.1) is 0 Å². The van der Waals surface area contributed by atoms with Crippen LogP contribution in [0.4, 0.5) is 5.69 Å². The molecule has 0 fully saturated rings. The first-order valence-electron chi connectivity index (χ1n) is 8.00. The van der Waals surface area contributed by atoms with Crippen molar-refractivity contribution in [1.29, 1.82) is 0 Å². The molecule has 0 N–H and O–H groups in total. The molecule has 0 aliphatic rings. The quantitative estimate of drug-likeness (QED) is 0.660. The number of rotatable bonds is 7. The van der Waals surface area contributed by atoms with Crippen molar-refractivity contribution in [3.8, 4) is 11.5 Å². The highest BCUT2D eigenvalue weighted by atomic mass is 16.5. The molecule has 0 saturated carbocycles. The van der Waals surface area contributed by atoms with Gasteiger partial charge in [-0.05, 0) is 66.8 Å². The first kappa shape index (κ1) is 17.1. The molecule has 0 aliphatic heterocycles. The topological polar surface area (TPSA) is 30.8 Å². The van der Waals surface area contributed by atoms with Gasteiger partial charge < -0.3 is 9.47 Å². The maximum absolute atomic E-state index is 5.72. The van der Waals surface area contributed by atoms with Crippen LogP contribution < -0.4 is 9.47 Å². The van der Waals surface area contributed by atoms with Crippen molar-refractivity contribution in [1.82, 2.24) is 0 Å². The first-order chi connectivity index (χ1) is 11.1. The summed E-state index contributed by atoms with van der Waals surface area (Å²) >= 11 is 0. The Morgan fingerprint density at radius 3 is 2.48 bits per heavy atom. The number of aryl methyl sites for hydroxylation is 1. The van der Waals surface area contributed by atoms with E-state index in [4.69, 9.17) is 9.47 Å². The summed E-state index contributed by atoms with van der Waals surface area (Å²) in [6.07, 6.45) is 2.91. The molecule has 122 valence electrons. The number of benzene rings is 2. The molecule has 0 heterocycles. The number of nitrogens with zero attached hydrogens (tertiary/aromatic N) is 1. The van der Waals surface area contributed by atoms with Crippen LogP contribution in [-0.4, -0.2) is 19.9 Å². The van der Waals surface area contributed by atoms with Gasteiger partial charge in [0.1, 0.15) is 17.2 Å². The van der Waals surface area contributed by atoms with Crippen LogP contribution in [0.3, 0.4) is 0 Å². The Morgan fingerprint density at radius 2 is 1.83 bits per heavy atom. The fourth-order valence-electron chi connectivity index (χ4n) is 2.11. The maximum atomic E-state index is 5.72. The van der Waals surface area contributed by atoms with Gasteiger partial charge in [0.05, 0.1) is 13.7 Å². The molecule has 2 aromatic carbocycles. The number of hydrogen-bond acceptors (Lipinski definition) is 3. The van der Waals surface area contributed by atoms with E-state index in [9.17, 15) is 0 Å². The standard InChI is InChI=1S/C20H25NO2/c1-15(2)11-12-23-18-8-6-17(7-9-18)14-21-19-13-16(3)5-10-20(19)22-4/h5-10,13-15H,11-12H2,1-4H3. The molecule has 0 amide bonds. The second-order valence-electron chi connectivity index (χ2n) is 6.03. The Labute approximate surface area is 139 Å². The molecule has 0 aromatic heterocycles. The molecule has 2 rings (SSSR count). The van der Waals surface area contributed by atoms with Gasteiger partial charge in [0.2, 0.25) is 0 Å². The Balaban J connectivity index is 2.02. The van der Waals surface area contributed by atoms with E-state index in [0.717, 1.165) is 41.3 Å². The predicted molar refractivity (Wildman–Crippen MR) is 96.4 cm³/mol. The van der Waals surface area contributed by atoms with Crippen LogP contribution in [-0.2, 0) is 0 Å². The Kier molecular flexibility index (Phi) is 6.21. The van der Waals surface area contributed by atoms with Gasteiger partial charge in [-0.1, -0.05) is 19.9 Å². The molecule has 0 atom stereocenters. The van der Waals surface area contributed by atoms with E-state index in [2.05, 4.69) is 18.8 Å². The van der Waals surface area contributed by atoms with Crippen LogP contribution in [0.1, 0.15) is 31.4 Å². The van der Waals surface area contributed by atoms with Crippen molar-refractivity contribution in [3.63, 3.8) is 0 Å². The highest BCUT2D eigenvalue weighted by Crippen LogP contribution is 2.28. The summed E-state index contributed by atoms with van der Waals surface area (Å²) in [6.45, 7) is 7.19. The molecule has 0 radical (unpaired) electrons. The van der Waals surface area contributed by atoms with Gasteiger partial charge in [-0.2, -0.15) is 0 Å². The zero-order chi connectivity index (χ0) is 16.7. The molecule has 0 bridgehead atoms. The molecule has 0 spiro atoms. The summed E-state index contributed by atoms with van der Waals surface area (Å²) in [5.41, 5.74) is 3.03. The van der Waals surface area contributed by atoms with E-state index < -0.39 is 0 Å². The van der Waals surface area contributed by atoms with Gasteiger partial charge in [0.15, 0.2) is 0 Å². The van der Waals surface area contributed by atoms with Crippen LogP contribution in [0, 0.1) is 12.8 Å². The highest BCUT2D eigenvalue weighted by Gasteiger charge is 2.01. The minimum Gasteiger partial charge on any atom is -0.494 e. The average Bonchev–Trinajstić information content (AvgIpc) is 2.54. The van der Waals surface area contributed by atoms with Crippen LogP contribution >= 0.6 is 0 Å². The van der Waals surface area contributed by atoms with Crippen LogP contribution in [0.5, 0.6) is 11.5 Å². The zero-order valence-electron chi connectivity index (χ0n) is 14.4. The fraction of sp³-hybridized carbons (Fsp3) is 0.350. The zero-order valence-corrected chi connectivity index (χ0v) is 14.4. The summed E-state index contributed by atoms with van der Waals surface area (Å²) in [6, 6.07) is 13.9. The maximum Gasteiger partial charge on any atom is 0.144 e. The summed E-state index contributed by atoms with van der Waals surface area (Å²) in [5, 5.41) is 0. The first-order valence-corrected chi connectivity index (χ1v) is 8.00. The third-order valence-electron chi connectivity index (χ3n) is 3.53. The lowest BCUT2D eigenvalue weighted by Crippen LogP contribution is -2.01. The van der Waals surface area contributed by atoms with Crippen molar-refractivity contribution >= 4 is 11.9 Å². The third-order valence-corrected chi connectivity index (χ3v) is 3.53. The van der Waals surface area contributed by atoms with Gasteiger partial charge in [-0.3, -0.25) is 4.99 Å². The number of methoxy groups -OCH3 is 1.